The van der Waals surface area contributed by atoms with Gasteiger partial charge in [0.05, 0.1) is 13.2 Å². The molecule has 0 saturated heterocycles. The second-order valence-corrected chi connectivity index (χ2v) is 3.99. The van der Waals surface area contributed by atoms with Crippen LogP contribution in [-0.2, 0) is 18.0 Å². The third kappa shape index (κ3) is 3.60. The first-order valence-electron chi connectivity index (χ1n) is 4.84. The Labute approximate surface area is 80.7 Å². The van der Waals surface area contributed by atoms with Crippen LogP contribution >= 0.6 is 0 Å². The molecule has 13 heavy (non-hydrogen) atoms. The zero-order valence-corrected chi connectivity index (χ0v) is 8.71. The first-order valence-corrected chi connectivity index (χ1v) is 4.84. The van der Waals surface area contributed by atoms with Crippen LogP contribution in [0.25, 0.3) is 0 Å². The van der Waals surface area contributed by atoms with Gasteiger partial charge in [0.25, 0.3) is 0 Å². The first-order chi connectivity index (χ1) is 6.20. The van der Waals surface area contributed by atoms with Crippen molar-refractivity contribution >= 4 is 0 Å². The molecule has 0 atom stereocenters. The van der Waals surface area contributed by atoms with Crippen molar-refractivity contribution < 1.29 is 4.74 Å². The molecular formula is C12H18O. The summed E-state index contributed by atoms with van der Waals surface area (Å²) in [5.74, 6) is 0.833. The first kappa shape index (κ1) is 10.3. The van der Waals surface area contributed by atoms with Gasteiger partial charge in [-0.1, -0.05) is 45.0 Å². The van der Waals surface area contributed by atoms with Gasteiger partial charge in [-0.3, -0.25) is 0 Å². The van der Waals surface area contributed by atoms with Crippen LogP contribution in [0.1, 0.15) is 31.9 Å². The minimum absolute atomic E-state index is 0.802. The number of fused-ring (bicyclic) bond motifs is 1. The normalized spacial score (nSPS) is 13.5. The Kier molecular flexibility index (Phi) is 3.97. The lowest BCUT2D eigenvalue weighted by Gasteiger charge is -1.90. The second kappa shape index (κ2) is 5.03. The third-order valence-electron chi connectivity index (χ3n) is 1.63. The molecule has 1 nitrogen and oxygen atoms in total. The Balaban J connectivity index is 0.000000184. The summed E-state index contributed by atoms with van der Waals surface area (Å²) >= 11 is 0. The van der Waals surface area contributed by atoms with Crippen molar-refractivity contribution in [2.75, 3.05) is 0 Å². The van der Waals surface area contributed by atoms with Gasteiger partial charge in [-0.25, -0.2) is 0 Å². The van der Waals surface area contributed by atoms with Crippen molar-refractivity contribution in [2.45, 2.75) is 34.0 Å². The zero-order chi connectivity index (χ0) is 9.68. The molecule has 0 bridgehead atoms. The average Bonchev–Trinajstić information content (AvgIpc) is 2.49. The Morgan fingerprint density at radius 3 is 1.77 bits per heavy atom. The van der Waals surface area contributed by atoms with Crippen LogP contribution in [-0.4, -0.2) is 0 Å². The van der Waals surface area contributed by atoms with Crippen molar-refractivity contribution in [3.05, 3.63) is 35.4 Å². The van der Waals surface area contributed by atoms with Crippen LogP contribution in [0.5, 0.6) is 0 Å². The lowest BCUT2D eigenvalue weighted by Crippen LogP contribution is -1.77. The van der Waals surface area contributed by atoms with E-state index in [1.807, 2.05) is 12.1 Å². The van der Waals surface area contributed by atoms with Gasteiger partial charge in [0.1, 0.15) is 0 Å². The van der Waals surface area contributed by atoms with Gasteiger partial charge in [0.15, 0.2) is 0 Å². The summed E-state index contributed by atoms with van der Waals surface area (Å²) < 4.78 is 5.21. The molecule has 0 radical (unpaired) electrons. The molecule has 0 aliphatic carbocycles. The molecule has 0 amide bonds. The Hall–Kier alpha value is -0.820. The van der Waals surface area contributed by atoms with Crippen LogP contribution in [0.4, 0.5) is 0 Å². The molecule has 0 fully saturated rings. The van der Waals surface area contributed by atoms with Crippen LogP contribution in [0.3, 0.4) is 0 Å². The van der Waals surface area contributed by atoms with E-state index in [4.69, 9.17) is 4.74 Å². The quantitative estimate of drug-likeness (QED) is 0.591. The largest absolute Gasteiger partial charge is 0.372 e. The fraction of sp³-hybridized carbons (Fsp3) is 0.500. The van der Waals surface area contributed by atoms with Gasteiger partial charge in [-0.05, 0) is 17.0 Å². The molecule has 1 heteroatoms. The van der Waals surface area contributed by atoms with E-state index in [2.05, 4.69) is 32.9 Å². The molecular weight excluding hydrogens is 160 g/mol. The van der Waals surface area contributed by atoms with Crippen LogP contribution in [0.2, 0.25) is 0 Å². The fourth-order valence-electron chi connectivity index (χ4n) is 1.11. The molecule has 1 aromatic carbocycles. The minimum atomic E-state index is 0.802. The zero-order valence-electron chi connectivity index (χ0n) is 8.71. The molecule has 1 aliphatic heterocycles. The van der Waals surface area contributed by atoms with Crippen molar-refractivity contribution in [2.24, 2.45) is 5.92 Å². The number of hydrogen-bond acceptors (Lipinski definition) is 1. The monoisotopic (exact) mass is 178 g/mol. The van der Waals surface area contributed by atoms with Crippen molar-refractivity contribution in [1.29, 1.82) is 0 Å². The maximum absolute atomic E-state index is 5.21. The molecule has 2 rings (SSSR count). The Morgan fingerprint density at radius 2 is 1.38 bits per heavy atom. The molecule has 1 heterocycles. The summed E-state index contributed by atoms with van der Waals surface area (Å²) in [6, 6.07) is 8.33. The second-order valence-electron chi connectivity index (χ2n) is 3.99. The summed E-state index contributed by atoms with van der Waals surface area (Å²) in [6.07, 6.45) is 0. The van der Waals surface area contributed by atoms with E-state index in [-0.39, 0.29) is 0 Å². The number of benzene rings is 1. The van der Waals surface area contributed by atoms with Gasteiger partial charge >= 0.3 is 0 Å². The summed E-state index contributed by atoms with van der Waals surface area (Å²) in [6.45, 7) is 8.10. The molecule has 0 spiro atoms. The highest BCUT2D eigenvalue weighted by Crippen LogP contribution is 2.17. The fourth-order valence-corrected chi connectivity index (χ4v) is 1.11. The number of rotatable bonds is 0. The van der Waals surface area contributed by atoms with E-state index in [1.165, 1.54) is 11.1 Å². The van der Waals surface area contributed by atoms with Gasteiger partial charge in [0.2, 0.25) is 0 Å². The molecule has 1 aliphatic rings. The maximum Gasteiger partial charge on any atom is 0.0724 e. The third-order valence-corrected chi connectivity index (χ3v) is 1.63. The van der Waals surface area contributed by atoms with Gasteiger partial charge in [0, 0.05) is 0 Å². The Morgan fingerprint density at radius 1 is 1.00 bits per heavy atom. The van der Waals surface area contributed by atoms with Crippen molar-refractivity contribution in [1.82, 2.24) is 0 Å². The molecule has 1 aromatic rings. The van der Waals surface area contributed by atoms with E-state index < -0.39 is 0 Å². The van der Waals surface area contributed by atoms with Crippen molar-refractivity contribution in [3.8, 4) is 0 Å². The summed E-state index contributed by atoms with van der Waals surface area (Å²) in [5, 5.41) is 0. The molecule has 0 saturated carbocycles. The predicted molar refractivity (Wildman–Crippen MR) is 55.4 cm³/mol. The van der Waals surface area contributed by atoms with E-state index in [0.29, 0.717) is 0 Å². The average molecular weight is 178 g/mol. The highest BCUT2D eigenvalue weighted by molar-refractivity contribution is 5.27. The van der Waals surface area contributed by atoms with Crippen LogP contribution in [0, 0.1) is 5.92 Å². The van der Waals surface area contributed by atoms with Gasteiger partial charge in [-0.2, -0.15) is 0 Å². The predicted octanol–water partition coefficient (Wildman–Crippen LogP) is 3.38. The highest BCUT2D eigenvalue weighted by Gasteiger charge is 2.07. The smallest absolute Gasteiger partial charge is 0.0724 e. The van der Waals surface area contributed by atoms with E-state index >= 15 is 0 Å². The molecule has 72 valence electrons. The Bertz CT molecular complexity index is 227. The lowest BCUT2D eigenvalue weighted by atomic mass is 10.1. The summed E-state index contributed by atoms with van der Waals surface area (Å²) in [7, 11) is 0. The lowest BCUT2D eigenvalue weighted by molar-refractivity contribution is 0.134. The van der Waals surface area contributed by atoms with E-state index in [9.17, 15) is 0 Å². The topological polar surface area (TPSA) is 9.23 Å². The molecule has 0 aromatic heterocycles. The van der Waals surface area contributed by atoms with Crippen LogP contribution < -0.4 is 0 Å². The van der Waals surface area contributed by atoms with Gasteiger partial charge < -0.3 is 4.74 Å². The standard InChI is InChI=1S/C8H8O.C4H10/c1-2-4-8-6-9-5-7(8)3-1;1-4(2)3/h1-4H,5-6H2;4H,1-3H3. The van der Waals surface area contributed by atoms with Gasteiger partial charge in [-0.15, -0.1) is 0 Å². The molecule has 0 N–H and O–H groups in total. The number of hydrogen-bond donors (Lipinski definition) is 0. The molecule has 0 unspecified atom stereocenters. The van der Waals surface area contributed by atoms with E-state index in [0.717, 1.165) is 19.1 Å². The number of ether oxygens (including phenoxy) is 1. The SMILES string of the molecule is CC(C)C.c1ccc2c(c1)COC2. The van der Waals surface area contributed by atoms with E-state index in [1.54, 1.807) is 0 Å². The van der Waals surface area contributed by atoms with Crippen LogP contribution in [0.15, 0.2) is 24.3 Å². The minimum Gasteiger partial charge on any atom is -0.372 e. The maximum atomic E-state index is 5.21. The highest BCUT2D eigenvalue weighted by atomic mass is 16.5. The summed E-state index contributed by atoms with van der Waals surface area (Å²) in [5.41, 5.74) is 2.69. The summed E-state index contributed by atoms with van der Waals surface area (Å²) in [4.78, 5) is 0. The van der Waals surface area contributed by atoms with Crippen molar-refractivity contribution in [3.63, 3.8) is 0 Å².